The lowest BCUT2D eigenvalue weighted by atomic mass is 9.99. The lowest BCUT2D eigenvalue weighted by Gasteiger charge is -2.32. The summed E-state index contributed by atoms with van der Waals surface area (Å²) in [4.78, 5) is 10.9. The number of alkyl halides is 6. The highest BCUT2D eigenvalue weighted by molar-refractivity contribution is 5.86. The number of hydrogen-bond acceptors (Lipinski definition) is 2. The molecule has 0 bridgehead atoms. The number of esters is 1. The van der Waals surface area contributed by atoms with E-state index >= 15 is 0 Å². The van der Waals surface area contributed by atoms with Gasteiger partial charge in [-0.25, -0.2) is 4.79 Å². The molecular formula is C13H18F6O2. The van der Waals surface area contributed by atoms with Crippen molar-refractivity contribution in [3.63, 3.8) is 0 Å². The van der Waals surface area contributed by atoms with Crippen LogP contribution in [0.25, 0.3) is 0 Å². The van der Waals surface area contributed by atoms with E-state index < -0.39 is 36.8 Å². The molecule has 0 aliphatic heterocycles. The SMILES string of the molecule is C=C(C)C(=O)OCC(F)(F)C(F)(F)C(F)(F)CCCCC. The summed E-state index contributed by atoms with van der Waals surface area (Å²) in [6.07, 6.45) is -0.964. The maximum absolute atomic E-state index is 13.3. The van der Waals surface area contributed by atoms with Gasteiger partial charge < -0.3 is 4.74 Å². The Hall–Kier alpha value is -1.21. The zero-order valence-electron chi connectivity index (χ0n) is 11.8. The van der Waals surface area contributed by atoms with E-state index in [2.05, 4.69) is 11.3 Å². The van der Waals surface area contributed by atoms with Gasteiger partial charge in [-0.15, -0.1) is 0 Å². The summed E-state index contributed by atoms with van der Waals surface area (Å²) in [6, 6.07) is 0. The van der Waals surface area contributed by atoms with Crippen molar-refractivity contribution in [3.8, 4) is 0 Å². The highest BCUT2D eigenvalue weighted by Gasteiger charge is 2.71. The van der Waals surface area contributed by atoms with Crippen LogP contribution < -0.4 is 0 Å². The van der Waals surface area contributed by atoms with E-state index in [1.807, 2.05) is 0 Å². The maximum Gasteiger partial charge on any atom is 0.375 e. The van der Waals surface area contributed by atoms with E-state index in [4.69, 9.17) is 0 Å². The first-order valence-corrected chi connectivity index (χ1v) is 6.35. The van der Waals surface area contributed by atoms with Crippen molar-refractivity contribution in [2.45, 2.75) is 57.3 Å². The minimum absolute atomic E-state index is 0.224. The molecule has 0 aliphatic rings. The van der Waals surface area contributed by atoms with Crippen LogP contribution in [0.5, 0.6) is 0 Å². The minimum Gasteiger partial charge on any atom is -0.456 e. The summed E-state index contributed by atoms with van der Waals surface area (Å²) in [5, 5.41) is 0. The Labute approximate surface area is 119 Å². The first-order chi connectivity index (χ1) is 9.39. The van der Waals surface area contributed by atoms with E-state index in [1.165, 1.54) is 0 Å². The van der Waals surface area contributed by atoms with Gasteiger partial charge in [0.15, 0.2) is 6.61 Å². The molecule has 2 nitrogen and oxygen atoms in total. The average molecular weight is 320 g/mol. The number of carbonyl (C=O) groups is 1. The number of carbonyl (C=O) groups excluding carboxylic acids is 1. The molecule has 0 fully saturated rings. The normalized spacial score (nSPS) is 13.1. The third-order valence-corrected chi connectivity index (χ3v) is 2.75. The second kappa shape index (κ2) is 7.17. The zero-order valence-corrected chi connectivity index (χ0v) is 11.8. The van der Waals surface area contributed by atoms with Crippen molar-refractivity contribution in [2.75, 3.05) is 6.61 Å². The molecule has 8 heteroatoms. The quantitative estimate of drug-likeness (QED) is 0.269. The van der Waals surface area contributed by atoms with Gasteiger partial charge in [-0.3, -0.25) is 0 Å². The summed E-state index contributed by atoms with van der Waals surface area (Å²) in [7, 11) is 0. The molecule has 0 spiro atoms. The van der Waals surface area contributed by atoms with Crippen LogP contribution in [-0.2, 0) is 9.53 Å². The molecule has 0 saturated carbocycles. The molecule has 0 saturated heterocycles. The van der Waals surface area contributed by atoms with E-state index in [9.17, 15) is 31.1 Å². The fourth-order valence-corrected chi connectivity index (χ4v) is 1.39. The average Bonchev–Trinajstić information content (AvgIpc) is 2.35. The molecule has 0 unspecified atom stereocenters. The first kappa shape index (κ1) is 19.8. The first-order valence-electron chi connectivity index (χ1n) is 6.35. The Morgan fingerprint density at radius 3 is 2.00 bits per heavy atom. The topological polar surface area (TPSA) is 26.3 Å². The van der Waals surface area contributed by atoms with Crippen LogP contribution >= 0.6 is 0 Å². The van der Waals surface area contributed by atoms with Crippen molar-refractivity contribution in [3.05, 3.63) is 12.2 Å². The van der Waals surface area contributed by atoms with Crippen molar-refractivity contribution in [1.29, 1.82) is 0 Å². The molecule has 0 aromatic rings. The molecule has 0 rings (SSSR count). The predicted molar refractivity (Wildman–Crippen MR) is 64.8 cm³/mol. The van der Waals surface area contributed by atoms with Crippen molar-refractivity contribution < 1.29 is 35.9 Å². The Balaban J connectivity index is 4.90. The number of ether oxygens (including phenoxy) is 1. The van der Waals surface area contributed by atoms with Crippen molar-refractivity contribution >= 4 is 5.97 Å². The van der Waals surface area contributed by atoms with Gasteiger partial charge in [0, 0.05) is 12.0 Å². The van der Waals surface area contributed by atoms with Gasteiger partial charge in [0.25, 0.3) is 0 Å². The highest BCUT2D eigenvalue weighted by Crippen LogP contribution is 2.48. The Bertz CT molecular complexity index is 379. The molecule has 0 aliphatic carbocycles. The molecular weight excluding hydrogens is 302 g/mol. The molecule has 0 amide bonds. The molecule has 0 atom stereocenters. The summed E-state index contributed by atoms with van der Waals surface area (Å²) in [5.41, 5.74) is -0.302. The van der Waals surface area contributed by atoms with Gasteiger partial charge in [-0.1, -0.05) is 26.3 Å². The largest absolute Gasteiger partial charge is 0.456 e. The standard InChI is InChI=1S/C13H18F6O2/c1-4-5-6-7-11(14,15)13(18,19)12(16,17)8-21-10(20)9(2)3/h2,4-8H2,1,3H3. The smallest absolute Gasteiger partial charge is 0.375 e. The number of hydrogen-bond donors (Lipinski definition) is 0. The summed E-state index contributed by atoms with van der Waals surface area (Å²) in [6.45, 7) is 3.70. The fourth-order valence-electron chi connectivity index (χ4n) is 1.39. The van der Waals surface area contributed by atoms with Crippen molar-refractivity contribution in [1.82, 2.24) is 0 Å². The lowest BCUT2D eigenvalue weighted by molar-refractivity contribution is -0.318. The van der Waals surface area contributed by atoms with Crippen LogP contribution in [-0.4, -0.2) is 30.3 Å². The van der Waals surface area contributed by atoms with E-state index in [0.717, 1.165) is 6.92 Å². The second-order valence-corrected chi connectivity index (χ2v) is 4.80. The minimum atomic E-state index is -5.61. The molecule has 0 N–H and O–H groups in total. The van der Waals surface area contributed by atoms with Gasteiger partial charge in [0.05, 0.1) is 0 Å². The Kier molecular flexibility index (Phi) is 6.76. The number of halogens is 6. The molecule has 0 aromatic heterocycles. The summed E-state index contributed by atoms with van der Waals surface area (Å²) < 4.78 is 83.8. The van der Waals surface area contributed by atoms with E-state index in [1.54, 1.807) is 6.92 Å². The van der Waals surface area contributed by atoms with Crippen LogP contribution in [0.2, 0.25) is 0 Å². The van der Waals surface area contributed by atoms with Gasteiger partial charge in [-0.2, -0.15) is 26.3 Å². The predicted octanol–water partition coefficient (Wildman–Crippen LogP) is 4.59. The van der Waals surface area contributed by atoms with Gasteiger partial charge >= 0.3 is 23.7 Å². The summed E-state index contributed by atoms with van der Waals surface area (Å²) >= 11 is 0. The highest BCUT2D eigenvalue weighted by atomic mass is 19.3. The van der Waals surface area contributed by atoms with E-state index in [-0.39, 0.29) is 18.4 Å². The summed E-state index contributed by atoms with van der Waals surface area (Å²) in [5.74, 6) is -17.0. The molecule has 0 radical (unpaired) electrons. The van der Waals surface area contributed by atoms with Crippen LogP contribution in [0.15, 0.2) is 12.2 Å². The van der Waals surface area contributed by atoms with Crippen LogP contribution in [0.1, 0.15) is 39.5 Å². The monoisotopic (exact) mass is 320 g/mol. The molecule has 124 valence electrons. The van der Waals surface area contributed by atoms with E-state index in [0.29, 0.717) is 6.42 Å². The van der Waals surface area contributed by atoms with Crippen LogP contribution in [0.4, 0.5) is 26.3 Å². The Morgan fingerprint density at radius 2 is 1.57 bits per heavy atom. The van der Waals surface area contributed by atoms with Gasteiger partial charge in [0.1, 0.15) is 0 Å². The number of unbranched alkanes of at least 4 members (excludes halogenated alkanes) is 2. The third-order valence-electron chi connectivity index (χ3n) is 2.75. The van der Waals surface area contributed by atoms with Crippen LogP contribution in [0.3, 0.4) is 0 Å². The fraction of sp³-hybridized carbons (Fsp3) is 0.769. The maximum atomic E-state index is 13.3. The number of rotatable bonds is 9. The molecule has 21 heavy (non-hydrogen) atoms. The molecule has 0 heterocycles. The van der Waals surface area contributed by atoms with Gasteiger partial charge in [0.2, 0.25) is 0 Å². The lowest BCUT2D eigenvalue weighted by Crippen LogP contribution is -2.56. The Morgan fingerprint density at radius 1 is 1.05 bits per heavy atom. The van der Waals surface area contributed by atoms with Crippen molar-refractivity contribution in [2.24, 2.45) is 0 Å². The van der Waals surface area contributed by atoms with Gasteiger partial charge in [-0.05, 0) is 13.3 Å². The zero-order chi connectivity index (χ0) is 16.9. The molecule has 0 aromatic carbocycles. The van der Waals surface area contributed by atoms with Crippen LogP contribution in [0, 0.1) is 0 Å². The second-order valence-electron chi connectivity index (χ2n) is 4.80. The third kappa shape index (κ3) is 4.93.